The molecule has 7 heteroatoms. The maximum absolute atomic E-state index is 13.4. The number of hydrogen-bond donors (Lipinski definition) is 1. The number of aromatic nitrogens is 1. The first-order chi connectivity index (χ1) is 12.2. The van der Waals surface area contributed by atoms with Crippen LogP contribution in [0.4, 0.5) is 15.0 Å². The summed E-state index contributed by atoms with van der Waals surface area (Å²) in [6.45, 7) is 3.79. The summed E-state index contributed by atoms with van der Waals surface area (Å²) in [5, 5.41) is 2.69. The van der Waals surface area contributed by atoms with Crippen LogP contribution in [0.5, 0.6) is 0 Å². The summed E-state index contributed by atoms with van der Waals surface area (Å²) in [5.41, 5.74) is 2.32. The van der Waals surface area contributed by atoms with Crippen LogP contribution in [0.3, 0.4) is 0 Å². The summed E-state index contributed by atoms with van der Waals surface area (Å²) < 4.78 is 18.9. The molecular weight excluding hydrogens is 341 g/mol. The SMILES string of the molecule is O=C(Nc1ncsc1-c1cccc(F)c1)OCC1CN2CCC1CC2. The van der Waals surface area contributed by atoms with Gasteiger partial charge in [-0.1, -0.05) is 12.1 Å². The molecule has 1 aromatic carbocycles. The zero-order valence-corrected chi connectivity index (χ0v) is 14.6. The summed E-state index contributed by atoms with van der Waals surface area (Å²) in [6, 6.07) is 6.25. The lowest BCUT2D eigenvalue weighted by Crippen LogP contribution is -2.49. The number of thiazole rings is 1. The van der Waals surface area contributed by atoms with E-state index in [0.29, 0.717) is 29.8 Å². The van der Waals surface area contributed by atoms with E-state index in [4.69, 9.17) is 4.74 Å². The third-order valence-electron chi connectivity index (χ3n) is 5.09. The highest BCUT2D eigenvalue weighted by Crippen LogP contribution is 2.33. The largest absolute Gasteiger partial charge is 0.449 e. The fraction of sp³-hybridized carbons (Fsp3) is 0.444. The number of hydrogen-bond acceptors (Lipinski definition) is 5. The van der Waals surface area contributed by atoms with Crippen LogP contribution >= 0.6 is 11.3 Å². The van der Waals surface area contributed by atoms with Crippen LogP contribution in [0.1, 0.15) is 12.8 Å². The van der Waals surface area contributed by atoms with Crippen molar-refractivity contribution in [3.63, 3.8) is 0 Å². The second kappa shape index (κ2) is 7.09. The van der Waals surface area contributed by atoms with Gasteiger partial charge in [0.25, 0.3) is 0 Å². The molecule has 1 atom stereocenters. The van der Waals surface area contributed by atoms with E-state index >= 15 is 0 Å². The second-order valence-electron chi connectivity index (χ2n) is 6.66. The van der Waals surface area contributed by atoms with Gasteiger partial charge < -0.3 is 9.64 Å². The first-order valence-electron chi connectivity index (χ1n) is 8.54. The van der Waals surface area contributed by atoms with Crippen molar-refractivity contribution in [3.05, 3.63) is 35.6 Å². The van der Waals surface area contributed by atoms with Crippen molar-refractivity contribution >= 4 is 23.2 Å². The Kier molecular flexibility index (Phi) is 4.67. The van der Waals surface area contributed by atoms with Crippen molar-refractivity contribution in [2.45, 2.75) is 12.8 Å². The van der Waals surface area contributed by atoms with Gasteiger partial charge in [-0.05, 0) is 49.5 Å². The number of fused-ring (bicyclic) bond motifs is 3. The average molecular weight is 361 g/mol. The Bertz CT molecular complexity index is 758. The van der Waals surface area contributed by atoms with Crippen molar-refractivity contribution in [1.82, 2.24) is 9.88 Å². The van der Waals surface area contributed by atoms with Crippen LogP contribution in [0.2, 0.25) is 0 Å². The van der Waals surface area contributed by atoms with Crippen molar-refractivity contribution in [2.24, 2.45) is 11.8 Å². The summed E-state index contributed by atoms with van der Waals surface area (Å²) in [6.07, 6.45) is 1.90. The fourth-order valence-corrected chi connectivity index (χ4v) is 4.50. The molecule has 3 aliphatic heterocycles. The maximum Gasteiger partial charge on any atom is 0.412 e. The van der Waals surface area contributed by atoms with Crippen molar-refractivity contribution in [3.8, 4) is 10.4 Å². The van der Waals surface area contributed by atoms with Gasteiger partial charge in [0.15, 0.2) is 5.82 Å². The molecule has 5 nitrogen and oxygen atoms in total. The lowest BCUT2D eigenvalue weighted by atomic mass is 9.79. The fourth-order valence-electron chi connectivity index (χ4n) is 3.76. The van der Waals surface area contributed by atoms with Gasteiger partial charge in [-0.25, -0.2) is 14.2 Å². The maximum atomic E-state index is 13.4. The smallest absolute Gasteiger partial charge is 0.412 e. The average Bonchev–Trinajstić information content (AvgIpc) is 3.09. The van der Waals surface area contributed by atoms with Crippen molar-refractivity contribution < 1.29 is 13.9 Å². The first kappa shape index (κ1) is 16.5. The summed E-state index contributed by atoms with van der Waals surface area (Å²) in [7, 11) is 0. The molecule has 3 aliphatic rings. The molecule has 2 bridgehead atoms. The number of ether oxygens (including phenoxy) is 1. The van der Waals surface area contributed by atoms with E-state index < -0.39 is 6.09 Å². The summed E-state index contributed by atoms with van der Waals surface area (Å²) >= 11 is 1.35. The topological polar surface area (TPSA) is 54.5 Å². The van der Waals surface area contributed by atoms with E-state index in [1.165, 1.54) is 49.4 Å². The number of rotatable bonds is 4. The lowest BCUT2D eigenvalue weighted by Gasteiger charge is -2.44. The molecule has 0 spiro atoms. The first-order valence-corrected chi connectivity index (χ1v) is 9.42. The molecule has 1 N–H and O–H groups in total. The van der Waals surface area contributed by atoms with E-state index in [-0.39, 0.29) is 5.82 Å². The normalized spacial score (nSPS) is 24.9. The molecule has 2 aromatic rings. The van der Waals surface area contributed by atoms with Gasteiger partial charge in [-0.15, -0.1) is 11.3 Å². The summed E-state index contributed by atoms with van der Waals surface area (Å²) in [5.74, 6) is 1.18. The zero-order valence-electron chi connectivity index (χ0n) is 13.8. The van der Waals surface area contributed by atoms with E-state index in [0.717, 1.165) is 11.4 Å². The number of carbonyl (C=O) groups excluding carboxylic acids is 1. The Morgan fingerprint density at radius 3 is 2.96 bits per heavy atom. The molecule has 5 rings (SSSR count). The Hall–Kier alpha value is -1.99. The Morgan fingerprint density at radius 2 is 2.24 bits per heavy atom. The molecule has 1 aromatic heterocycles. The van der Waals surface area contributed by atoms with E-state index in [1.807, 2.05) is 0 Å². The highest BCUT2D eigenvalue weighted by atomic mass is 32.1. The molecule has 132 valence electrons. The highest BCUT2D eigenvalue weighted by molar-refractivity contribution is 7.13. The molecule has 1 unspecified atom stereocenters. The van der Waals surface area contributed by atoms with Gasteiger partial charge in [0, 0.05) is 12.5 Å². The standard InChI is InChI=1S/C18H20FN3O2S/c19-15-3-1-2-13(8-15)16-17(20-11-25-16)21-18(23)24-10-14-9-22-6-4-12(14)5-7-22/h1-3,8,11-12,14H,4-7,9-10H2,(H,21,23). The lowest BCUT2D eigenvalue weighted by molar-refractivity contribution is 0.0151. The molecule has 0 aliphatic carbocycles. The molecule has 3 fully saturated rings. The number of amides is 1. The quantitative estimate of drug-likeness (QED) is 0.899. The predicted octanol–water partition coefficient (Wildman–Crippen LogP) is 3.84. The van der Waals surface area contributed by atoms with Crippen molar-refractivity contribution in [2.75, 3.05) is 31.6 Å². The molecule has 0 radical (unpaired) electrons. The van der Waals surface area contributed by atoms with Gasteiger partial charge in [0.2, 0.25) is 0 Å². The van der Waals surface area contributed by atoms with Crippen LogP contribution < -0.4 is 5.32 Å². The summed E-state index contributed by atoms with van der Waals surface area (Å²) in [4.78, 5) is 19.5. The second-order valence-corrected chi connectivity index (χ2v) is 7.52. The van der Waals surface area contributed by atoms with E-state index in [2.05, 4.69) is 15.2 Å². The Balaban J connectivity index is 1.36. The number of carbonyl (C=O) groups is 1. The molecule has 1 amide bonds. The molecule has 25 heavy (non-hydrogen) atoms. The minimum absolute atomic E-state index is 0.318. The van der Waals surface area contributed by atoms with Gasteiger partial charge >= 0.3 is 6.09 Å². The Morgan fingerprint density at radius 1 is 1.40 bits per heavy atom. The predicted molar refractivity (Wildman–Crippen MR) is 95.1 cm³/mol. The van der Waals surface area contributed by atoms with Gasteiger partial charge in [0.1, 0.15) is 5.82 Å². The van der Waals surface area contributed by atoms with Crippen LogP contribution in [-0.2, 0) is 4.74 Å². The number of benzene rings is 1. The number of piperidine rings is 3. The number of nitrogens with zero attached hydrogens (tertiary/aromatic N) is 2. The molecular formula is C18H20FN3O2S. The molecule has 3 saturated heterocycles. The van der Waals surface area contributed by atoms with Crippen LogP contribution in [0, 0.1) is 17.7 Å². The van der Waals surface area contributed by atoms with E-state index in [9.17, 15) is 9.18 Å². The van der Waals surface area contributed by atoms with Gasteiger partial charge in [0.05, 0.1) is 17.0 Å². The van der Waals surface area contributed by atoms with Gasteiger partial charge in [-0.3, -0.25) is 5.32 Å². The highest BCUT2D eigenvalue weighted by Gasteiger charge is 2.34. The Labute approximate surface area is 149 Å². The minimum Gasteiger partial charge on any atom is -0.449 e. The number of halogens is 1. The van der Waals surface area contributed by atoms with Crippen LogP contribution in [0.25, 0.3) is 10.4 Å². The minimum atomic E-state index is -0.500. The third kappa shape index (κ3) is 3.67. The zero-order chi connectivity index (χ0) is 17.2. The molecule has 0 saturated carbocycles. The third-order valence-corrected chi connectivity index (χ3v) is 5.97. The van der Waals surface area contributed by atoms with Crippen LogP contribution in [0.15, 0.2) is 29.8 Å². The number of anilines is 1. The monoisotopic (exact) mass is 361 g/mol. The van der Waals surface area contributed by atoms with E-state index in [1.54, 1.807) is 17.6 Å². The number of nitrogens with one attached hydrogen (secondary N) is 1. The van der Waals surface area contributed by atoms with Crippen molar-refractivity contribution in [1.29, 1.82) is 0 Å². The van der Waals surface area contributed by atoms with Gasteiger partial charge in [-0.2, -0.15) is 0 Å². The molecule has 4 heterocycles. The van der Waals surface area contributed by atoms with Crippen LogP contribution in [-0.4, -0.2) is 42.2 Å².